The van der Waals surface area contributed by atoms with Gasteiger partial charge < -0.3 is 4.57 Å². The highest BCUT2D eigenvalue weighted by molar-refractivity contribution is 6.05. The maximum Gasteiger partial charge on any atom is 0.259 e. The van der Waals surface area contributed by atoms with Gasteiger partial charge in [0.15, 0.2) is 5.65 Å². The van der Waals surface area contributed by atoms with Gasteiger partial charge in [-0.15, -0.1) is 5.10 Å². The zero-order valence-corrected chi connectivity index (χ0v) is 15.1. The van der Waals surface area contributed by atoms with Gasteiger partial charge in [-0.2, -0.15) is 0 Å². The molecule has 0 atom stereocenters. The van der Waals surface area contributed by atoms with E-state index >= 15 is 0 Å². The summed E-state index contributed by atoms with van der Waals surface area (Å²) in [6.07, 6.45) is 1.52. The Morgan fingerprint density at radius 2 is 1.92 bits per heavy atom. The van der Waals surface area contributed by atoms with Crippen molar-refractivity contribution in [2.24, 2.45) is 7.05 Å². The van der Waals surface area contributed by atoms with Gasteiger partial charge in [-0.25, -0.2) is 14.6 Å². The van der Waals surface area contributed by atoms with Crippen LogP contribution in [0.3, 0.4) is 0 Å². The van der Waals surface area contributed by atoms with Crippen LogP contribution in [0.1, 0.15) is 31.1 Å². The van der Waals surface area contributed by atoms with Crippen LogP contribution in [0.15, 0.2) is 36.5 Å². The van der Waals surface area contributed by atoms with Gasteiger partial charge in [-0.05, 0) is 39.0 Å². The van der Waals surface area contributed by atoms with Gasteiger partial charge in [0, 0.05) is 18.8 Å². The number of carbonyl (C=O) groups excluding carboxylic acids is 1. The lowest BCUT2D eigenvalue weighted by molar-refractivity contribution is 0.102. The number of aromatic nitrogens is 6. The largest absolute Gasteiger partial charge is 0.305 e. The highest BCUT2D eigenvalue weighted by Crippen LogP contribution is 2.28. The third kappa shape index (κ3) is 2.59. The number of fused-ring (bicyclic) bond motifs is 2. The van der Waals surface area contributed by atoms with E-state index in [1.807, 2.05) is 28.8 Å². The normalized spacial score (nSPS) is 12.0. The monoisotopic (exact) mass is 349 g/mol. The molecule has 8 heteroatoms. The molecule has 0 fully saturated rings. The van der Waals surface area contributed by atoms with E-state index in [4.69, 9.17) is 0 Å². The number of nitrogens with zero attached hydrogens (tertiary/aromatic N) is 6. The molecule has 3 heterocycles. The van der Waals surface area contributed by atoms with Gasteiger partial charge in [0.1, 0.15) is 5.52 Å². The molecule has 0 spiro atoms. The molecule has 0 aliphatic rings. The Bertz CT molecular complexity index is 1130. The van der Waals surface area contributed by atoms with Gasteiger partial charge in [0.2, 0.25) is 5.95 Å². The Labute approximate surface area is 149 Å². The molecule has 1 aromatic carbocycles. The van der Waals surface area contributed by atoms with Crippen molar-refractivity contribution in [1.82, 2.24) is 29.5 Å². The average Bonchev–Trinajstić information content (AvgIpc) is 3.14. The average molecular weight is 349 g/mol. The summed E-state index contributed by atoms with van der Waals surface area (Å²) in [6, 6.07) is 9.50. The minimum absolute atomic E-state index is 0.244. The Morgan fingerprint density at radius 1 is 1.15 bits per heavy atom. The van der Waals surface area contributed by atoms with Gasteiger partial charge >= 0.3 is 0 Å². The van der Waals surface area contributed by atoms with Gasteiger partial charge in [-0.1, -0.05) is 17.3 Å². The highest BCUT2D eigenvalue weighted by Gasteiger charge is 2.23. The molecule has 0 saturated carbocycles. The van der Waals surface area contributed by atoms with E-state index in [1.54, 1.807) is 17.8 Å². The molecule has 0 aliphatic carbocycles. The van der Waals surface area contributed by atoms with Gasteiger partial charge in [-0.3, -0.25) is 10.1 Å². The quantitative estimate of drug-likeness (QED) is 0.601. The number of nitrogens with one attached hydrogen (secondary N) is 1. The molecule has 26 heavy (non-hydrogen) atoms. The molecular formula is C18H19N7O. The Morgan fingerprint density at radius 3 is 2.69 bits per heavy atom. The number of hydrogen-bond donors (Lipinski definition) is 1. The van der Waals surface area contributed by atoms with E-state index in [0.717, 1.165) is 11.0 Å². The molecule has 1 amide bonds. The van der Waals surface area contributed by atoms with Crippen LogP contribution >= 0.6 is 0 Å². The third-order valence-corrected chi connectivity index (χ3v) is 4.16. The molecule has 8 nitrogen and oxygen atoms in total. The molecule has 1 N–H and O–H groups in total. The predicted molar refractivity (Wildman–Crippen MR) is 99.0 cm³/mol. The molecule has 4 aromatic rings. The van der Waals surface area contributed by atoms with Crippen LogP contribution in [0.5, 0.6) is 0 Å². The lowest BCUT2D eigenvalue weighted by atomic mass is 10.1. The minimum atomic E-state index is -0.286. The Hall–Kier alpha value is -3.29. The van der Waals surface area contributed by atoms with Crippen molar-refractivity contribution in [3.8, 4) is 0 Å². The molecule has 0 radical (unpaired) electrons. The lowest BCUT2D eigenvalue weighted by Crippen LogP contribution is -2.26. The topological polar surface area (TPSA) is 90.5 Å². The second-order valence-electron chi connectivity index (χ2n) is 7.16. The fourth-order valence-corrected chi connectivity index (χ4v) is 3.01. The van der Waals surface area contributed by atoms with Crippen LogP contribution in [0, 0.1) is 0 Å². The number of benzene rings is 1. The molecular weight excluding hydrogens is 330 g/mol. The molecule has 0 bridgehead atoms. The number of anilines is 1. The lowest BCUT2D eigenvalue weighted by Gasteiger charge is -2.24. The van der Waals surface area contributed by atoms with Crippen molar-refractivity contribution in [3.63, 3.8) is 0 Å². The number of rotatable bonds is 2. The second-order valence-corrected chi connectivity index (χ2v) is 7.16. The van der Waals surface area contributed by atoms with Crippen LogP contribution in [0.4, 0.5) is 5.95 Å². The number of aryl methyl sites for hydroxylation is 1. The Balaban J connectivity index is 1.75. The van der Waals surface area contributed by atoms with Crippen molar-refractivity contribution < 1.29 is 4.79 Å². The van der Waals surface area contributed by atoms with E-state index in [1.165, 1.54) is 6.20 Å². The maximum atomic E-state index is 12.8. The first-order chi connectivity index (χ1) is 12.3. The standard InChI is InChI=1S/C18H19N7O/c1-18(2,3)25-14-8-6-5-7-12(14)20-17(25)21-16(26)11-9-13-15(19-10-11)24(4)23-22-13/h5-10H,1-4H3,(H,20,21,26). The van der Waals surface area contributed by atoms with Crippen LogP contribution in [0.2, 0.25) is 0 Å². The van der Waals surface area contributed by atoms with Crippen LogP contribution in [-0.2, 0) is 12.6 Å². The number of amides is 1. The molecule has 4 rings (SSSR count). The number of para-hydroxylation sites is 2. The highest BCUT2D eigenvalue weighted by atomic mass is 16.1. The predicted octanol–water partition coefficient (Wildman–Crippen LogP) is 2.72. The van der Waals surface area contributed by atoms with E-state index in [2.05, 4.69) is 46.4 Å². The van der Waals surface area contributed by atoms with Crippen LogP contribution in [-0.4, -0.2) is 35.4 Å². The van der Waals surface area contributed by atoms with E-state index in [9.17, 15) is 4.79 Å². The number of pyridine rings is 1. The molecule has 0 unspecified atom stereocenters. The zero-order valence-electron chi connectivity index (χ0n) is 15.1. The smallest absolute Gasteiger partial charge is 0.259 e. The van der Waals surface area contributed by atoms with Crippen LogP contribution in [0.25, 0.3) is 22.2 Å². The molecule has 3 aromatic heterocycles. The maximum absolute atomic E-state index is 12.8. The summed E-state index contributed by atoms with van der Waals surface area (Å²) < 4.78 is 3.59. The van der Waals surface area contributed by atoms with E-state index < -0.39 is 0 Å². The van der Waals surface area contributed by atoms with Crippen molar-refractivity contribution in [2.75, 3.05) is 5.32 Å². The van der Waals surface area contributed by atoms with Crippen molar-refractivity contribution in [1.29, 1.82) is 0 Å². The second kappa shape index (κ2) is 5.62. The van der Waals surface area contributed by atoms with Crippen molar-refractivity contribution in [3.05, 3.63) is 42.1 Å². The van der Waals surface area contributed by atoms with E-state index in [-0.39, 0.29) is 11.4 Å². The summed E-state index contributed by atoms with van der Waals surface area (Å²) in [7, 11) is 1.76. The Kier molecular flexibility index (Phi) is 3.50. The molecule has 0 aliphatic heterocycles. The van der Waals surface area contributed by atoms with Gasteiger partial charge in [0.05, 0.1) is 16.6 Å². The first-order valence-corrected chi connectivity index (χ1v) is 8.29. The van der Waals surface area contributed by atoms with Gasteiger partial charge in [0.25, 0.3) is 5.91 Å². The summed E-state index contributed by atoms with van der Waals surface area (Å²) in [5, 5.41) is 10.8. The number of hydrogen-bond acceptors (Lipinski definition) is 5. The third-order valence-electron chi connectivity index (χ3n) is 4.16. The number of carbonyl (C=O) groups is 1. The SMILES string of the molecule is Cn1nnc2cc(C(=O)Nc3nc4ccccc4n3C(C)(C)C)cnc21. The summed E-state index contributed by atoms with van der Waals surface area (Å²) in [5.74, 6) is 0.216. The fourth-order valence-electron chi connectivity index (χ4n) is 3.01. The summed E-state index contributed by atoms with van der Waals surface area (Å²) >= 11 is 0. The van der Waals surface area contributed by atoms with E-state index in [0.29, 0.717) is 22.7 Å². The summed E-state index contributed by atoms with van der Waals surface area (Å²) in [5.41, 5.74) is 3.17. The minimum Gasteiger partial charge on any atom is -0.305 e. The molecule has 132 valence electrons. The first kappa shape index (κ1) is 16.2. The zero-order chi connectivity index (χ0) is 18.5. The first-order valence-electron chi connectivity index (χ1n) is 8.29. The molecule has 0 saturated heterocycles. The van der Waals surface area contributed by atoms with Crippen molar-refractivity contribution >= 4 is 34.1 Å². The summed E-state index contributed by atoms with van der Waals surface area (Å²) in [6.45, 7) is 6.22. The summed E-state index contributed by atoms with van der Waals surface area (Å²) in [4.78, 5) is 21.6. The fraction of sp³-hybridized carbons (Fsp3) is 0.278. The van der Waals surface area contributed by atoms with Crippen LogP contribution < -0.4 is 5.32 Å². The number of imidazole rings is 1. The van der Waals surface area contributed by atoms with Crippen molar-refractivity contribution in [2.45, 2.75) is 26.3 Å².